The summed E-state index contributed by atoms with van der Waals surface area (Å²) in [7, 11) is 2.12. The number of nitrogens with zero attached hydrogens (tertiary/aromatic N) is 1. The molecule has 122 valence electrons. The van der Waals surface area contributed by atoms with Crippen LogP contribution >= 0.6 is 0 Å². The molecule has 1 saturated carbocycles. The van der Waals surface area contributed by atoms with Gasteiger partial charge in [-0.05, 0) is 51.1 Å². The Hall–Kier alpha value is -1.49. The lowest BCUT2D eigenvalue weighted by molar-refractivity contribution is 0.0946. The van der Waals surface area contributed by atoms with Gasteiger partial charge in [0.2, 0.25) is 0 Å². The Morgan fingerprint density at radius 3 is 2.73 bits per heavy atom. The SMILES string of the molecule is CN(CCCNC(=O)c1cc(F)ccc1F)C1CCCCC1. The first-order chi connectivity index (χ1) is 10.6. The third-order valence-corrected chi connectivity index (χ3v) is 4.34. The molecule has 0 heterocycles. The maximum absolute atomic E-state index is 13.5. The van der Waals surface area contributed by atoms with Gasteiger partial charge in [0, 0.05) is 12.6 Å². The summed E-state index contributed by atoms with van der Waals surface area (Å²) in [5.41, 5.74) is -0.236. The van der Waals surface area contributed by atoms with Gasteiger partial charge < -0.3 is 10.2 Å². The molecular formula is C17H24F2N2O. The van der Waals surface area contributed by atoms with Gasteiger partial charge in [0.05, 0.1) is 5.56 Å². The molecule has 0 saturated heterocycles. The van der Waals surface area contributed by atoms with Crippen molar-refractivity contribution in [2.45, 2.75) is 44.6 Å². The molecule has 22 heavy (non-hydrogen) atoms. The average molecular weight is 310 g/mol. The molecule has 1 aromatic rings. The number of nitrogens with one attached hydrogen (secondary N) is 1. The van der Waals surface area contributed by atoms with Crippen molar-refractivity contribution >= 4 is 5.91 Å². The average Bonchev–Trinajstić information content (AvgIpc) is 2.54. The minimum absolute atomic E-state index is 0.236. The zero-order chi connectivity index (χ0) is 15.9. The van der Waals surface area contributed by atoms with Crippen molar-refractivity contribution < 1.29 is 13.6 Å². The number of halogens is 2. The van der Waals surface area contributed by atoms with Gasteiger partial charge in [0.1, 0.15) is 11.6 Å². The minimum atomic E-state index is -0.696. The second-order valence-electron chi connectivity index (χ2n) is 6.01. The van der Waals surface area contributed by atoms with Crippen molar-refractivity contribution in [1.29, 1.82) is 0 Å². The van der Waals surface area contributed by atoms with E-state index in [0.29, 0.717) is 12.6 Å². The van der Waals surface area contributed by atoms with Crippen LogP contribution in [0.15, 0.2) is 18.2 Å². The highest BCUT2D eigenvalue weighted by Gasteiger charge is 2.17. The highest BCUT2D eigenvalue weighted by molar-refractivity contribution is 5.94. The van der Waals surface area contributed by atoms with Crippen LogP contribution in [-0.4, -0.2) is 37.0 Å². The number of rotatable bonds is 6. The van der Waals surface area contributed by atoms with Crippen molar-refractivity contribution in [3.8, 4) is 0 Å². The Kier molecular flexibility index (Phi) is 6.31. The summed E-state index contributed by atoms with van der Waals surface area (Å²) in [6, 6.07) is 3.55. The second-order valence-corrected chi connectivity index (χ2v) is 6.01. The van der Waals surface area contributed by atoms with Crippen molar-refractivity contribution in [2.75, 3.05) is 20.1 Å². The highest BCUT2D eigenvalue weighted by Crippen LogP contribution is 2.21. The molecule has 0 bridgehead atoms. The molecule has 3 nitrogen and oxygen atoms in total. The predicted octanol–water partition coefficient (Wildman–Crippen LogP) is 3.35. The minimum Gasteiger partial charge on any atom is -0.352 e. The quantitative estimate of drug-likeness (QED) is 0.817. The summed E-state index contributed by atoms with van der Waals surface area (Å²) < 4.78 is 26.5. The topological polar surface area (TPSA) is 32.3 Å². The molecule has 1 aliphatic carbocycles. The second kappa shape index (κ2) is 8.22. The lowest BCUT2D eigenvalue weighted by Crippen LogP contribution is -2.36. The van der Waals surface area contributed by atoms with E-state index in [9.17, 15) is 13.6 Å². The van der Waals surface area contributed by atoms with Crippen molar-refractivity contribution in [3.63, 3.8) is 0 Å². The van der Waals surface area contributed by atoms with E-state index in [4.69, 9.17) is 0 Å². The van der Waals surface area contributed by atoms with Gasteiger partial charge in [-0.3, -0.25) is 4.79 Å². The van der Waals surface area contributed by atoms with Gasteiger partial charge in [-0.15, -0.1) is 0 Å². The molecule has 0 radical (unpaired) electrons. The smallest absolute Gasteiger partial charge is 0.254 e. The summed E-state index contributed by atoms with van der Waals surface area (Å²) in [6.07, 6.45) is 7.22. The maximum Gasteiger partial charge on any atom is 0.254 e. The first-order valence-electron chi connectivity index (χ1n) is 8.01. The van der Waals surface area contributed by atoms with Gasteiger partial charge in [0.15, 0.2) is 0 Å². The Morgan fingerprint density at radius 2 is 2.00 bits per heavy atom. The van der Waals surface area contributed by atoms with Gasteiger partial charge >= 0.3 is 0 Å². The van der Waals surface area contributed by atoms with Crippen molar-refractivity contribution in [1.82, 2.24) is 10.2 Å². The van der Waals surface area contributed by atoms with Crippen LogP contribution in [-0.2, 0) is 0 Å². The van der Waals surface area contributed by atoms with E-state index in [1.807, 2.05) is 0 Å². The van der Waals surface area contributed by atoms with Crippen LogP contribution in [0.25, 0.3) is 0 Å². The van der Waals surface area contributed by atoms with Gasteiger partial charge in [0.25, 0.3) is 5.91 Å². The number of carbonyl (C=O) groups excluding carboxylic acids is 1. The zero-order valence-corrected chi connectivity index (χ0v) is 13.1. The maximum atomic E-state index is 13.5. The molecule has 1 aliphatic rings. The Bertz CT molecular complexity index is 501. The zero-order valence-electron chi connectivity index (χ0n) is 13.1. The molecule has 0 aromatic heterocycles. The largest absolute Gasteiger partial charge is 0.352 e. The molecule has 5 heteroatoms. The van der Waals surface area contributed by atoms with Crippen LogP contribution in [0.5, 0.6) is 0 Å². The van der Waals surface area contributed by atoms with E-state index in [-0.39, 0.29) is 5.56 Å². The molecule has 1 aromatic carbocycles. The summed E-state index contributed by atoms with van der Waals surface area (Å²) in [4.78, 5) is 14.2. The standard InChI is InChI=1S/C17H24F2N2O/c1-21(14-6-3-2-4-7-14)11-5-10-20-17(22)15-12-13(18)8-9-16(15)19/h8-9,12,14H,2-7,10-11H2,1H3,(H,20,22). The van der Waals surface area contributed by atoms with Crippen LogP contribution in [0.2, 0.25) is 0 Å². The van der Waals surface area contributed by atoms with E-state index in [1.54, 1.807) is 0 Å². The number of hydrogen-bond donors (Lipinski definition) is 1. The van der Waals surface area contributed by atoms with E-state index in [1.165, 1.54) is 32.1 Å². The summed E-state index contributed by atoms with van der Waals surface area (Å²) >= 11 is 0. The Balaban J connectivity index is 1.71. The molecule has 0 spiro atoms. The monoisotopic (exact) mass is 310 g/mol. The van der Waals surface area contributed by atoms with Crippen LogP contribution in [0.4, 0.5) is 8.78 Å². The molecular weight excluding hydrogens is 286 g/mol. The van der Waals surface area contributed by atoms with Crippen molar-refractivity contribution in [3.05, 3.63) is 35.4 Å². The third kappa shape index (κ3) is 4.77. The molecule has 2 rings (SSSR count). The number of carbonyl (C=O) groups is 1. The van der Waals surface area contributed by atoms with Crippen molar-refractivity contribution in [2.24, 2.45) is 0 Å². The number of benzene rings is 1. The normalized spacial score (nSPS) is 16.0. The molecule has 0 aliphatic heterocycles. The van der Waals surface area contributed by atoms with Gasteiger partial charge in [-0.2, -0.15) is 0 Å². The lowest BCUT2D eigenvalue weighted by atomic mass is 9.94. The van der Waals surface area contributed by atoms with Crippen LogP contribution < -0.4 is 5.32 Å². The van der Waals surface area contributed by atoms with E-state index >= 15 is 0 Å². The fourth-order valence-corrected chi connectivity index (χ4v) is 3.00. The Labute approximate surface area is 130 Å². The van der Waals surface area contributed by atoms with Gasteiger partial charge in [-0.1, -0.05) is 19.3 Å². The number of hydrogen-bond acceptors (Lipinski definition) is 2. The number of amides is 1. The lowest BCUT2D eigenvalue weighted by Gasteiger charge is -2.31. The van der Waals surface area contributed by atoms with Crippen LogP contribution in [0.1, 0.15) is 48.9 Å². The molecule has 1 amide bonds. The Morgan fingerprint density at radius 1 is 1.27 bits per heavy atom. The summed E-state index contributed by atoms with van der Waals surface area (Å²) in [6.45, 7) is 1.36. The summed E-state index contributed by atoms with van der Waals surface area (Å²) in [5.74, 6) is -1.86. The molecule has 1 fully saturated rings. The third-order valence-electron chi connectivity index (χ3n) is 4.34. The summed E-state index contributed by atoms with van der Waals surface area (Å²) in [5, 5.41) is 2.65. The van der Waals surface area contributed by atoms with Gasteiger partial charge in [-0.25, -0.2) is 8.78 Å². The first-order valence-corrected chi connectivity index (χ1v) is 8.01. The fourth-order valence-electron chi connectivity index (χ4n) is 3.00. The van der Waals surface area contributed by atoms with E-state index in [0.717, 1.165) is 31.2 Å². The fraction of sp³-hybridized carbons (Fsp3) is 0.588. The molecule has 0 atom stereocenters. The first kappa shape index (κ1) is 16.9. The van der Waals surface area contributed by atoms with Crippen LogP contribution in [0.3, 0.4) is 0 Å². The highest BCUT2D eigenvalue weighted by atomic mass is 19.1. The van der Waals surface area contributed by atoms with E-state index < -0.39 is 17.5 Å². The molecule has 0 unspecified atom stereocenters. The van der Waals surface area contributed by atoms with E-state index in [2.05, 4.69) is 17.3 Å². The molecule has 1 N–H and O–H groups in total. The van der Waals surface area contributed by atoms with Crippen LogP contribution in [0, 0.1) is 11.6 Å². The predicted molar refractivity (Wildman–Crippen MR) is 82.8 cm³/mol.